The summed E-state index contributed by atoms with van der Waals surface area (Å²) in [6.07, 6.45) is 8.99. The number of carbonyl (C=O) groups excluding carboxylic acids is 1. The van der Waals surface area contributed by atoms with E-state index < -0.39 is 26.9 Å². The van der Waals surface area contributed by atoms with Gasteiger partial charge in [0, 0.05) is 6.04 Å². The zero-order chi connectivity index (χ0) is 22.9. The van der Waals surface area contributed by atoms with Gasteiger partial charge >= 0.3 is 6.03 Å². The molecule has 32 heavy (non-hydrogen) atoms. The summed E-state index contributed by atoms with van der Waals surface area (Å²) in [4.78, 5) is 14.6. The second-order valence-electron chi connectivity index (χ2n) is 9.17. The van der Waals surface area contributed by atoms with Gasteiger partial charge in [-0.05, 0) is 83.5 Å². The second-order valence-corrected chi connectivity index (χ2v) is 11.7. The van der Waals surface area contributed by atoms with E-state index in [0.717, 1.165) is 44.3 Å². The summed E-state index contributed by atoms with van der Waals surface area (Å²) in [7, 11) is -3.84. The Morgan fingerprint density at radius 3 is 2.44 bits per heavy atom. The van der Waals surface area contributed by atoms with Gasteiger partial charge < -0.3 is 20.6 Å². The number of carbonyl (C=O) groups is 1. The quantitative estimate of drug-likeness (QED) is 0.426. The van der Waals surface area contributed by atoms with E-state index in [1.54, 1.807) is 0 Å². The maximum atomic E-state index is 13.4. The third-order valence-electron chi connectivity index (χ3n) is 7.13. The average Bonchev–Trinajstić information content (AvgIpc) is 3.43. The van der Waals surface area contributed by atoms with Gasteiger partial charge in [0.05, 0.1) is 22.0 Å². The minimum absolute atomic E-state index is 0.0234. The monoisotopic (exact) mass is 481 g/mol. The number of nitrogens with zero attached hydrogens (tertiary/aromatic N) is 1. The molecular weight excluding hydrogens is 450 g/mol. The lowest BCUT2D eigenvalue weighted by molar-refractivity contribution is 0.192. The van der Waals surface area contributed by atoms with Crippen molar-refractivity contribution in [3.05, 3.63) is 28.8 Å². The topological polar surface area (TPSA) is 98.7 Å². The lowest BCUT2D eigenvalue weighted by atomic mass is 9.94. The fourth-order valence-corrected chi connectivity index (χ4v) is 7.68. The molecule has 1 heterocycles. The fourth-order valence-electron chi connectivity index (χ4n) is 5.26. The Morgan fingerprint density at radius 2 is 1.81 bits per heavy atom. The van der Waals surface area contributed by atoms with Crippen LogP contribution in [0, 0.1) is 0 Å². The van der Waals surface area contributed by atoms with E-state index in [-0.39, 0.29) is 21.6 Å². The van der Waals surface area contributed by atoms with Crippen molar-refractivity contribution in [1.29, 1.82) is 0 Å². The van der Waals surface area contributed by atoms with Crippen LogP contribution in [0.5, 0.6) is 5.75 Å². The summed E-state index contributed by atoms with van der Waals surface area (Å²) >= 11 is 6.25. The van der Waals surface area contributed by atoms with Gasteiger partial charge in [-0.25, -0.2) is 13.2 Å². The lowest BCUT2D eigenvalue weighted by Gasteiger charge is -2.34. The van der Waals surface area contributed by atoms with Crippen LogP contribution in [0.25, 0.3) is 0 Å². The number of phenols is 1. The number of nitrogens with one attached hydrogen (secondary N) is 2. The summed E-state index contributed by atoms with van der Waals surface area (Å²) in [6.45, 7) is 4.15. The van der Waals surface area contributed by atoms with Crippen molar-refractivity contribution in [1.82, 2.24) is 10.2 Å². The van der Waals surface area contributed by atoms with Crippen LogP contribution in [0.3, 0.4) is 0 Å². The predicted molar refractivity (Wildman–Crippen MR) is 126 cm³/mol. The van der Waals surface area contributed by atoms with E-state index in [9.17, 15) is 18.3 Å². The summed E-state index contributed by atoms with van der Waals surface area (Å²) in [5.74, 6) is -0.493. The molecule has 1 aromatic carbocycles. The molecule has 1 unspecified atom stereocenters. The number of hydrogen-bond donors (Lipinski definition) is 3. The molecular formula is C23H32ClN3O4S. The molecule has 2 amide bonds. The Hall–Kier alpha value is -1.77. The first kappa shape index (κ1) is 23.4. The number of anilines is 1. The number of allylic oxidation sites excluding steroid dienone is 1. The first-order valence-corrected chi connectivity index (χ1v) is 13.4. The zero-order valence-corrected chi connectivity index (χ0v) is 20.0. The summed E-state index contributed by atoms with van der Waals surface area (Å²) in [6, 6.07) is 2.74. The maximum absolute atomic E-state index is 13.4. The van der Waals surface area contributed by atoms with Gasteiger partial charge in [0.25, 0.3) is 0 Å². The highest BCUT2D eigenvalue weighted by atomic mass is 35.5. The minimum atomic E-state index is -3.84. The maximum Gasteiger partial charge on any atom is 0.319 e. The van der Waals surface area contributed by atoms with Crippen LogP contribution in [-0.4, -0.2) is 54.9 Å². The largest absolute Gasteiger partial charge is 0.504 e. The van der Waals surface area contributed by atoms with E-state index >= 15 is 0 Å². The fraction of sp³-hybridized carbons (Fsp3) is 0.609. The predicted octanol–water partition coefficient (Wildman–Crippen LogP) is 4.46. The third-order valence-corrected chi connectivity index (χ3v) is 9.89. The zero-order valence-electron chi connectivity index (χ0n) is 18.4. The Bertz CT molecular complexity index is 997. The van der Waals surface area contributed by atoms with Gasteiger partial charge in [0.2, 0.25) is 0 Å². The molecule has 1 aromatic rings. The summed E-state index contributed by atoms with van der Waals surface area (Å²) in [5, 5.41) is 15.6. The van der Waals surface area contributed by atoms with Crippen LogP contribution in [0.4, 0.5) is 10.5 Å². The smallest absolute Gasteiger partial charge is 0.319 e. The van der Waals surface area contributed by atoms with E-state index in [1.165, 1.54) is 25.0 Å². The molecule has 9 heteroatoms. The van der Waals surface area contributed by atoms with Crippen LogP contribution in [-0.2, 0) is 9.84 Å². The second kappa shape index (κ2) is 9.61. The Labute approximate surface area is 195 Å². The number of halogens is 1. The van der Waals surface area contributed by atoms with Gasteiger partial charge in [-0.15, -0.1) is 0 Å². The van der Waals surface area contributed by atoms with Crippen LogP contribution < -0.4 is 10.6 Å². The molecule has 3 N–H and O–H groups in total. The van der Waals surface area contributed by atoms with Crippen molar-refractivity contribution in [3.63, 3.8) is 0 Å². The number of urea groups is 1. The molecule has 2 fully saturated rings. The molecule has 1 saturated heterocycles. The number of sulfone groups is 1. The first-order valence-electron chi connectivity index (χ1n) is 11.5. The van der Waals surface area contributed by atoms with E-state index in [2.05, 4.69) is 21.6 Å². The molecule has 3 aliphatic rings. The normalized spacial score (nSPS) is 26.7. The van der Waals surface area contributed by atoms with Crippen LogP contribution in [0.15, 0.2) is 28.7 Å². The van der Waals surface area contributed by atoms with Gasteiger partial charge in [0.1, 0.15) is 4.90 Å². The number of amides is 2. The number of aromatic hydroxyl groups is 1. The van der Waals surface area contributed by atoms with Gasteiger partial charge in [-0.2, -0.15) is 0 Å². The number of likely N-dealkylation sites (tertiary alicyclic amines) is 1. The van der Waals surface area contributed by atoms with Gasteiger partial charge in [-0.1, -0.05) is 23.3 Å². The van der Waals surface area contributed by atoms with Crippen LogP contribution in [0.2, 0.25) is 5.02 Å². The van der Waals surface area contributed by atoms with Crippen molar-refractivity contribution in [2.75, 3.05) is 18.4 Å². The number of hydrogen-bond acceptors (Lipinski definition) is 5. The molecule has 0 aromatic heterocycles. The highest BCUT2D eigenvalue weighted by Crippen LogP contribution is 2.41. The third kappa shape index (κ3) is 4.77. The van der Waals surface area contributed by atoms with Crippen LogP contribution in [0.1, 0.15) is 58.3 Å². The van der Waals surface area contributed by atoms with Crippen molar-refractivity contribution in [2.24, 2.45) is 0 Å². The molecule has 0 bridgehead atoms. The summed E-state index contributed by atoms with van der Waals surface area (Å²) < 4.78 is 26.8. The van der Waals surface area contributed by atoms with Crippen molar-refractivity contribution >= 4 is 33.2 Å². The molecule has 0 radical (unpaired) electrons. The molecule has 4 rings (SSSR count). The molecule has 1 aliphatic heterocycles. The molecule has 2 aliphatic carbocycles. The number of phenolic OH excluding ortho intramolecular Hbond substituents is 1. The standard InChI is InChI=1S/C23H32ClN3O4S/c1-15-5-4-6-19(15)25-23(29)26-20-12-11-18(24)22(21(20)28)32(30,31)17-9-7-16(8-10-17)27-13-2-3-14-27/h5,11-12,16-17,19,28H,2-4,6-10,13-14H2,1H3,(H2,25,26,29)/t16-,17-,19?. The minimum Gasteiger partial charge on any atom is -0.504 e. The van der Waals surface area contributed by atoms with E-state index in [4.69, 9.17) is 11.6 Å². The Morgan fingerprint density at radius 1 is 1.12 bits per heavy atom. The summed E-state index contributed by atoms with van der Waals surface area (Å²) in [5.41, 5.74) is 1.13. The molecule has 176 valence electrons. The number of rotatable bonds is 5. The van der Waals surface area contributed by atoms with Crippen molar-refractivity contribution in [2.45, 2.75) is 80.5 Å². The van der Waals surface area contributed by atoms with Crippen molar-refractivity contribution in [3.8, 4) is 5.75 Å². The van der Waals surface area contributed by atoms with Crippen LogP contribution >= 0.6 is 11.6 Å². The lowest BCUT2D eigenvalue weighted by Crippen LogP contribution is -2.39. The van der Waals surface area contributed by atoms with Crippen molar-refractivity contribution < 1.29 is 18.3 Å². The molecule has 7 nitrogen and oxygen atoms in total. The first-order chi connectivity index (χ1) is 15.3. The van der Waals surface area contributed by atoms with E-state index in [0.29, 0.717) is 18.9 Å². The Kier molecular flexibility index (Phi) is 7.03. The molecule has 0 spiro atoms. The van der Waals surface area contributed by atoms with Gasteiger partial charge in [-0.3, -0.25) is 0 Å². The SMILES string of the molecule is CC1=CCCC1NC(=O)Nc1ccc(Cl)c(S(=O)(=O)[C@H]2CC[C@H](N3CCCC3)CC2)c1O. The van der Waals surface area contributed by atoms with Gasteiger partial charge in [0.15, 0.2) is 15.6 Å². The Balaban J connectivity index is 1.47. The highest BCUT2D eigenvalue weighted by Gasteiger charge is 2.37. The average molecular weight is 482 g/mol. The number of benzene rings is 1. The van der Waals surface area contributed by atoms with E-state index in [1.807, 2.05) is 6.92 Å². The highest BCUT2D eigenvalue weighted by molar-refractivity contribution is 7.92. The molecule has 1 saturated carbocycles. The molecule has 1 atom stereocenters.